The SMILES string of the molecule is O=C1/C(=C\c2ccn(C3CCCC3)c2)SC(=Nc2ccccc2)N1CCc1ccccc1. The number of hydrogen-bond acceptors (Lipinski definition) is 3. The molecule has 1 aromatic heterocycles. The fourth-order valence-electron chi connectivity index (χ4n) is 4.38. The summed E-state index contributed by atoms with van der Waals surface area (Å²) in [5, 5.41) is 0.749. The van der Waals surface area contributed by atoms with Crippen molar-refractivity contribution >= 4 is 34.6 Å². The van der Waals surface area contributed by atoms with Crippen LogP contribution < -0.4 is 0 Å². The van der Waals surface area contributed by atoms with E-state index >= 15 is 0 Å². The minimum Gasteiger partial charge on any atom is -0.351 e. The first-order chi connectivity index (χ1) is 15.8. The molecule has 0 atom stereocenters. The number of hydrogen-bond donors (Lipinski definition) is 0. The lowest BCUT2D eigenvalue weighted by atomic mass is 10.1. The average molecular weight is 442 g/mol. The number of para-hydroxylation sites is 1. The lowest BCUT2D eigenvalue weighted by Crippen LogP contribution is -2.31. The Hall–Kier alpha value is -3.05. The number of thioether (sulfide) groups is 1. The third-order valence-corrected chi connectivity index (χ3v) is 7.12. The topological polar surface area (TPSA) is 37.6 Å². The van der Waals surface area contributed by atoms with Gasteiger partial charge in [0.25, 0.3) is 5.91 Å². The van der Waals surface area contributed by atoms with Gasteiger partial charge < -0.3 is 4.57 Å². The summed E-state index contributed by atoms with van der Waals surface area (Å²) < 4.78 is 2.32. The summed E-state index contributed by atoms with van der Waals surface area (Å²) in [7, 11) is 0. The van der Waals surface area contributed by atoms with Gasteiger partial charge in [-0.05, 0) is 66.4 Å². The summed E-state index contributed by atoms with van der Waals surface area (Å²) in [6.45, 7) is 0.613. The third-order valence-electron chi connectivity index (χ3n) is 6.12. The molecule has 0 bridgehead atoms. The van der Waals surface area contributed by atoms with Crippen LogP contribution in [-0.2, 0) is 11.2 Å². The van der Waals surface area contributed by atoms with Crippen molar-refractivity contribution in [3.05, 3.63) is 95.2 Å². The number of carbonyl (C=O) groups excluding carboxylic acids is 1. The Kier molecular flexibility index (Phi) is 6.26. The molecule has 1 amide bonds. The number of aromatic nitrogens is 1. The first-order valence-electron chi connectivity index (χ1n) is 11.3. The Morgan fingerprint density at radius 2 is 1.69 bits per heavy atom. The number of nitrogens with zero attached hydrogens (tertiary/aromatic N) is 3. The van der Waals surface area contributed by atoms with E-state index in [1.54, 1.807) is 0 Å². The molecule has 0 spiro atoms. The van der Waals surface area contributed by atoms with Gasteiger partial charge in [-0.15, -0.1) is 0 Å². The van der Waals surface area contributed by atoms with E-state index in [-0.39, 0.29) is 5.91 Å². The summed E-state index contributed by atoms with van der Waals surface area (Å²) in [4.78, 5) is 20.7. The summed E-state index contributed by atoms with van der Waals surface area (Å²) in [6, 6.07) is 22.9. The lowest BCUT2D eigenvalue weighted by Gasteiger charge is -2.15. The van der Waals surface area contributed by atoms with Crippen molar-refractivity contribution in [2.24, 2.45) is 4.99 Å². The molecular weight excluding hydrogens is 414 g/mol. The molecule has 0 N–H and O–H groups in total. The predicted octanol–water partition coefficient (Wildman–Crippen LogP) is 6.45. The number of amidine groups is 1. The summed E-state index contributed by atoms with van der Waals surface area (Å²) in [5.74, 6) is 0.0363. The maximum atomic E-state index is 13.3. The zero-order valence-electron chi connectivity index (χ0n) is 18.1. The normalized spacial score (nSPS) is 19.5. The number of benzene rings is 2. The molecule has 2 aliphatic rings. The quantitative estimate of drug-likeness (QED) is 0.412. The summed E-state index contributed by atoms with van der Waals surface area (Å²) >= 11 is 1.47. The van der Waals surface area contributed by atoms with Gasteiger partial charge in [-0.25, -0.2) is 4.99 Å². The second-order valence-electron chi connectivity index (χ2n) is 8.36. The largest absolute Gasteiger partial charge is 0.351 e. The van der Waals surface area contributed by atoms with Crippen LogP contribution in [0, 0.1) is 0 Å². The smallest absolute Gasteiger partial charge is 0.266 e. The Balaban J connectivity index is 1.39. The van der Waals surface area contributed by atoms with Crippen LogP contribution in [0.15, 0.2) is 89.0 Å². The summed E-state index contributed by atoms with van der Waals surface area (Å²) in [6.07, 6.45) is 12.3. The van der Waals surface area contributed by atoms with Crippen LogP contribution >= 0.6 is 11.8 Å². The van der Waals surface area contributed by atoms with E-state index in [0.29, 0.717) is 12.6 Å². The van der Waals surface area contributed by atoms with Crippen LogP contribution in [0.25, 0.3) is 6.08 Å². The summed E-state index contributed by atoms with van der Waals surface area (Å²) in [5.41, 5.74) is 3.16. The Morgan fingerprint density at radius 3 is 2.44 bits per heavy atom. The molecule has 162 valence electrons. The number of amides is 1. The molecule has 2 aromatic carbocycles. The molecular formula is C27H27N3OS. The van der Waals surface area contributed by atoms with Crippen LogP contribution in [0.3, 0.4) is 0 Å². The van der Waals surface area contributed by atoms with Crippen molar-refractivity contribution in [2.75, 3.05) is 6.54 Å². The number of carbonyl (C=O) groups is 1. The Bertz CT molecular complexity index is 1130. The van der Waals surface area contributed by atoms with E-state index < -0.39 is 0 Å². The van der Waals surface area contributed by atoms with Crippen molar-refractivity contribution in [2.45, 2.75) is 38.1 Å². The van der Waals surface area contributed by atoms with Crippen molar-refractivity contribution in [3.8, 4) is 0 Å². The molecule has 4 nitrogen and oxygen atoms in total. The van der Waals surface area contributed by atoms with Gasteiger partial charge in [0, 0.05) is 25.0 Å². The molecule has 3 aromatic rings. The third kappa shape index (κ3) is 4.73. The second kappa shape index (κ2) is 9.61. The fourth-order valence-corrected chi connectivity index (χ4v) is 5.41. The van der Waals surface area contributed by atoms with Gasteiger partial charge in [-0.1, -0.05) is 61.4 Å². The predicted molar refractivity (Wildman–Crippen MR) is 133 cm³/mol. The molecule has 5 heteroatoms. The van der Waals surface area contributed by atoms with E-state index in [2.05, 4.69) is 35.2 Å². The van der Waals surface area contributed by atoms with Crippen molar-refractivity contribution in [3.63, 3.8) is 0 Å². The van der Waals surface area contributed by atoms with E-state index in [0.717, 1.165) is 27.7 Å². The van der Waals surface area contributed by atoms with Crippen molar-refractivity contribution in [1.29, 1.82) is 0 Å². The van der Waals surface area contributed by atoms with Gasteiger partial charge in [0.2, 0.25) is 0 Å². The van der Waals surface area contributed by atoms with E-state index in [1.165, 1.54) is 43.0 Å². The molecule has 1 saturated carbocycles. The molecule has 2 heterocycles. The van der Waals surface area contributed by atoms with Crippen molar-refractivity contribution in [1.82, 2.24) is 9.47 Å². The molecule has 1 saturated heterocycles. The highest BCUT2D eigenvalue weighted by Crippen LogP contribution is 2.35. The van der Waals surface area contributed by atoms with Crippen molar-refractivity contribution < 1.29 is 4.79 Å². The highest BCUT2D eigenvalue weighted by Gasteiger charge is 2.33. The van der Waals surface area contributed by atoms with Gasteiger partial charge in [-0.2, -0.15) is 0 Å². The zero-order chi connectivity index (χ0) is 21.8. The molecule has 1 aliphatic heterocycles. The first-order valence-corrected chi connectivity index (χ1v) is 12.1. The molecule has 32 heavy (non-hydrogen) atoms. The maximum absolute atomic E-state index is 13.3. The maximum Gasteiger partial charge on any atom is 0.266 e. The number of rotatable bonds is 6. The van der Waals surface area contributed by atoms with Gasteiger partial charge in [0.05, 0.1) is 10.6 Å². The van der Waals surface area contributed by atoms with Crippen LogP contribution in [0.5, 0.6) is 0 Å². The molecule has 0 unspecified atom stereocenters. The first kappa shape index (κ1) is 20.8. The highest BCUT2D eigenvalue weighted by atomic mass is 32.2. The molecule has 5 rings (SSSR count). The van der Waals surface area contributed by atoms with E-state index in [4.69, 9.17) is 4.99 Å². The van der Waals surface area contributed by atoms with E-state index in [1.807, 2.05) is 59.5 Å². The monoisotopic (exact) mass is 441 g/mol. The van der Waals surface area contributed by atoms with Crippen LogP contribution in [0.2, 0.25) is 0 Å². The fraction of sp³-hybridized carbons (Fsp3) is 0.259. The lowest BCUT2D eigenvalue weighted by molar-refractivity contribution is -0.122. The highest BCUT2D eigenvalue weighted by molar-refractivity contribution is 8.18. The van der Waals surface area contributed by atoms with Crippen LogP contribution in [-0.4, -0.2) is 27.1 Å². The van der Waals surface area contributed by atoms with Gasteiger partial charge in [-0.3, -0.25) is 9.69 Å². The van der Waals surface area contributed by atoms with Crippen LogP contribution in [0.1, 0.15) is 42.9 Å². The standard InChI is InChI=1S/C27H27N3OS/c31-26-25(19-22-15-17-29(20-22)24-13-7-8-14-24)32-27(28-23-11-5-2-6-12-23)30(26)18-16-21-9-3-1-4-10-21/h1-6,9-12,15,17,19-20,24H,7-8,13-14,16,18H2/b25-19+,28-27?. The van der Waals surface area contributed by atoms with E-state index in [9.17, 15) is 4.79 Å². The number of aliphatic imine (C=N–C) groups is 1. The van der Waals surface area contributed by atoms with Gasteiger partial charge in [0.1, 0.15) is 0 Å². The van der Waals surface area contributed by atoms with Gasteiger partial charge in [0.15, 0.2) is 5.17 Å². The zero-order valence-corrected chi connectivity index (χ0v) is 18.9. The second-order valence-corrected chi connectivity index (χ2v) is 9.37. The Morgan fingerprint density at radius 1 is 0.969 bits per heavy atom. The molecule has 1 aliphatic carbocycles. The van der Waals surface area contributed by atoms with Gasteiger partial charge >= 0.3 is 0 Å². The molecule has 2 fully saturated rings. The Labute approximate surface area is 193 Å². The molecule has 0 radical (unpaired) electrons. The average Bonchev–Trinajstić information content (AvgIpc) is 3.57. The van der Waals surface area contributed by atoms with Crippen LogP contribution in [0.4, 0.5) is 5.69 Å². The minimum atomic E-state index is 0.0363. The minimum absolute atomic E-state index is 0.0363.